The molecule has 1 unspecified atom stereocenters. The molecule has 0 radical (unpaired) electrons. The molecule has 1 aromatic rings. The van der Waals surface area contributed by atoms with Crippen LogP contribution < -0.4 is 10.1 Å². The molecular weight excluding hydrogens is 234 g/mol. The summed E-state index contributed by atoms with van der Waals surface area (Å²) in [7, 11) is 1.80. The summed E-state index contributed by atoms with van der Waals surface area (Å²) in [6.45, 7) is 4.51. The van der Waals surface area contributed by atoms with Crippen molar-refractivity contribution in [2.75, 3.05) is 20.2 Å². The van der Waals surface area contributed by atoms with Gasteiger partial charge in [0.1, 0.15) is 5.75 Å². The second-order valence-electron chi connectivity index (χ2n) is 5.51. The zero-order valence-electron chi connectivity index (χ0n) is 12.4. The molecule has 0 spiro atoms. The van der Waals surface area contributed by atoms with Crippen molar-refractivity contribution in [3.8, 4) is 5.75 Å². The van der Waals surface area contributed by atoms with Crippen LogP contribution in [0.15, 0.2) is 18.2 Å². The van der Waals surface area contributed by atoms with E-state index in [1.54, 1.807) is 7.11 Å². The van der Waals surface area contributed by atoms with Crippen LogP contribution in [0.4, 0.5) is 0 Å². The van der Waals surface area contributed by atoms with E-state index in [0.29, 0.717) is 5.92 Å². The number of benzene rings is 1. The van der Waals surface area contributed by atoms with Gasteiger partial charge in [0, 0.05) is 5.56 Å². The molecule has 2 heteroatoms. The Balaban J connectivity index is 1.97. The molecule has 1 atom stereocenters. The van der Waals surface area contributed by atoms with Crippen molar-refractivity contribution in [2.45, 2.75) is 51.4 Å². The van der Waals surface area contributed by atoms with Crippen LogP contribution in [0.3, 0.4) is 0 Å². The normalized spacial score (nSPS) is 18.1. The second kappa shape index (κ2) is 7.54. The summed E-state index contributed by atoms with van der Waals surface area (Å²) in [5.41, 5.74) is 3.00. The Bertz CT molecular complexity index is 375. The van der Waals surface area contributed by atoms with Gasteiger partial charge in [0.05, 0.1) is 7.11 Å². The van der Waals surface area contributed by atoms with E-state index >= 15 is 0 Å². The third-order valence-corrected chi connectivity index (χ3v) is 4.12. The Morgan fingerprint density at radius 2 is 2.21 bits per heavy atom. The van der Waals surface area contributed by atoms with Gasteiger partial charge in [-0.3, -0.25) is 0 Å². The van der Waals surface area contributed by atoms with Crippen LogP contribution in [-0.4, -0.2) is 20.2 Å². The molecule has 1 N–H and O–H groups in total. The standard InChI is InChI=1S/C17H27NO/c1-3-12-18-13-6-10-15-8-4-7-14-9-5-11-16(19-2)17(14)15/h5,9,11,15,18H,3-4,6-8,10,12-13H2,1-2H3. The fourth-order valence-corrected chi connectivity index (χ4v) is 3.20. The molecule has 2 nitrogen and oxygen atoms in total. The van der Waals surface area contributed by atoms with Crippen molar-refractivity contribution in [2.24, 2.45) is 0 Å². The lowest BCUT2D eigenvalue weighted by atomic mass is 9.80. The van der Waals surface area contributed by atoms with Crippen molar-refractivity contribution in [3.05, 3.63) is 29.3 Å². The van der Waals surface area contributed by atoms with Gasteiger partial charge in [0.25, 0.3) is 0 Å². The molecule has 0 saturated heterocycles. The van der Waals surface area contributed by atoms with Gasteiger partial charge in [-0.25, -0.2) is 0 Å². The molecule has 19 heavy (non-hydrogen) atoms. The molecule has 0 fully saturated rings. The fourth-order valence-electron chi connectivity index (χ4n) is 3.20. The van der Waals surface area contributed by atoms with Gasteiger partial charge in [-0.05, 0) is 69.2 Å². The smallest absolute Gasteiger partial charge is 0.122 e. The van der Waals surface area contributed by atoms with Gasteiger partial charge in [-0.2, -0.15) is 0 Å². The maximum Gasteiger partial charge on any atom is 0.122 e. The minimum atomic E-state index is 0.698. The Labute approximate surface area is 117 Å². The summed E-state index contributed by atoms with van der Waals surface area (Å²) >= 11 is 0. The molecule has 0 aliphatic heterocycles. The third-order valence-electron chi connectivity index (χ3n) is 4.12. The van der Waals surface area contributed by atoms with Crippen LogP contribution in [0, 0.1) is 0 Å². The number of hydrogen-bond donors (Lipinski definition) is 1. The number of methoxy groups -OCH3 is 1. The summed E-state index contributed by atoms with van der Waals surface area (Å²) in [5.74, 6) is 1.80. The van der Waals surface area contributed by atoms with Gasteiger partial charge in [0.15, 0.2) is 0 Å². The molecule has 0 bridgehead atoms. The number of hydrogen-bond acceptors (Lipinski definition) is 2. The minimum Gasteiger partial charge on any atom is -0.496 e. The van der Waals surface area contributed by atoms with Gasteiger partial charge in [0.2, 0.25) is 0 Å². The van der Waals surface area contributed by atoms with Gasteiger partial charge < -0.3 is 10.1 Å². The molecule has 0 saturated carbocycles. The molecule has 0 amide bonds. The zero-order valence-corrected chi connectivity index (χ0v) is 12.4. The molecule has 0 heterocycles. The second-order valence-corrected chi connectivity index (χ2v) is 5.51. The number of fused-ring (bicyclic) bond motifs is 1. The van der Waals surface area contributed by atoms with E-state index in [9.17, 15) is 0 Å². The first-order valence-corrected chi connectivity index (χ1v) is 7.73. The molecule has 0 aromatic heterocycles. The lowest BCUT2D eigenvalue weighted by Crippen LogP contribution is -2.18. The topological polar surface area (TPSA) is 21.3 Å². The van der Waals surface area contributed by atoms with Crippen LogP contribution in [0.25, 0.3) is 0 Å². The van der Waals surface area contributed by atoms with Crippen LogP contribution in [0.5, 0.6) is 5.75 Å². The minimum absolute atomic E-state index is 0.698. The van der Waals surface area contributed by atoms with Crippen LogP contribution in [0.1, 0.15) is 56.1 Å². The van der Waals surface area contributed by atoms with Crippen molar-refractivity contribution >= 4 is 0 Å². The highest BCUT2D eigenvalue weighted by atomic mass is 16.5. The highest BCUT2D eigenvalue weighted by molar-refractivity contribution is 5.44. The SMILES string of the molecule is CCCNCCCC1CCCc2cccc(OC)c21. The highest BCUT2D eigenvalue weighted by Crippen LogP contribution is 2.40. The Kier molecular flexibility index (Phi) is 5.71. The van der Waals surface area contributed by atoms with E-state index in [1.807, 2.05) is 0 Å². The van der Waals surface area contributed by atoms with Crippen LogP contribution in [0.2, 0.25) is 0 Å². The van der Waals surface area contributed by atoms with Crippen LogP contribution in [-0.2, 0) is 6.42 Å². The van der Waals surface area contributed by atoms with Crippen molar-refractivity contribution in [1.82, 2.24) is 5.32 Å². The summed E-state index contributed by atoms with van der Waals surface area (Å²) in [5, 5.41) is 3.50. The predicted molar refractivity (Wildman–Crippen MR) is 81.1 cm³/mol. The maximum atomic E-state index is 5.57. The van der Waals surface area contributed by atoms with E-state index in [0.717, 1.165) is 18.8 Å². The van der Waals surface area contributed by atoms with Crippen molar-refractivity contribution in [1.29, 1.82) is 0 Å². The Hall–Kier alpha value is -1.02. The zero-order chi connectivity index (χ0) is 13.5. The third kappa shape index (κ3) is 3.73. The van der Waals surface area contributed by atoms with Gasteiger partial charge >= 0.3 is 0 Å². The molecule has 1 aliphatic rings. The van der Waals surface area contributed by atoms with Crippen LogP contribution >= 0.6 is 0 Å². The highest BCUT2D eigenvalue weighted by Gasteiger charge is 2.23. The van der Waals surface area contributed by atoms with Gasteiger partial charge in [-0.1, -0.05) is 19.1 Å². The maximum absolute atomic E-state index is 5.57. The molecular formula is C17H27NO. The average molecular weight is 261 g/mol. The molecule has 2 rings (SSSR count). The first-order valence-electron chi connectivity index (χ1n) is 7.73. The van der Waals surface area contributed by atoms with E-state index in [1.165, 1.54) is 49.7 Å². The summed E-state index contributed by atoms with van der Waals surface area (Å²) in [4.78, 5) is 0. The predicted octanol–water partition coefficient (Wildman–Crippen LogP) is 3.89. The monoisotopic (exact) mass is 261 g/mol. The number of aryl methyl sites for hydroxylation is 1. The quantitative estimate of drug-likeness (QED) is 0.752. The van der Waals surface area contributed by atoms with Crippen molar-refractivity contribution in [3.63, 3.8) is 0 Å². The summed E-state index contributed by atoms with van der Waals surface area (Å²) in [6, 6.07) is 6.52. The fraction of sp³-hybridized carbons (Fsp3) is 0.647. The first-order chi connectivity index (χ1) is 9.36. The largest absolute Gasteiger partial charge is 0.496 e. The summed E-state index contributed by atoms with van der Waals surface area (Å²) < 4.78 is 5.57. The van der Waals surface area contributed by atoms with E-state index in [2.05, 4.69) is 30.4 Å². The van der Waals surface area contributed by atoms with Crippen molar-refractivity contribution < 1.29 is 4.74 Å². The summed E-state index contributed by atoms with van der Waals surface area (Å²) in [6.07, 6.45) is 7.64. The van der Waals surface area contributed by atoms with E-state index < -0.39 is 0 Å². The Morgan fingerprint density at radius 1 is 1.32 bits per heavy atom. The van der Waals surface area contributed by atoms with Gasteiger partial charge in [-0.15, -0.1) is 0 Å². The lowest BCUT2D eigenvalue weighted by Gasteiger charge is -2.27. The first kappa shape index (κ1) is 14.4. The van der Waals surface area contributed by atoms with E-state index in [4.69, 9.17) is 4.74 Å². The molecule has 1 aliphatic carbocycles. The van der Waals surface area contributed by atoms with E-state index in [-0.39, 0.29) is 0 Å². The Morgan fingerprint density at radius 3 is 3.00 bits per heavy atom. The molecule has 1 aromatic carbocycles. The average Bonchev–Trinajstić information content (AvgIpc) is 2.46. The number of rotatable bonds is 7. The molecule has 106 valence electrons. The lowest BCUT2D eigenvalue weighted by molar-refractivity contribution is 0.392. The number of ether oxygens (including phenoxy) is 1. The number of nitrogens with one attached hydrogen (secondary N) is 1.